The summed E-state index contributed by atoms with van der Waals surface area (Å²) in [7, 11) is 0. The van der Waals surface area contributed by atoms with Gasteiger partial charge in [0.05, 0.1) is 5.02 Å². The van der Waals surface area contributed by atoms with Crippen molar-refractivity contribution in [3.63, 3.8) is 0 Å². The van der Waals surface area contributed by atoms with Gasteiger partial charge in [0.2, 0.25) is 0 Å². The van der Waals surface area contributed by atoms with Gasteiger partial charge in [0.25, 0.3) is 5.91 Å². The summed E-state index contributed by atoms with van der Waals surface area (Å²) < 4.78 is 1.69. The summed E-state index contributed by atoms with van der Waals surface area (Å²) in [6.07, 6.45) is 2.32. The zero-order valence-corrected chi connectivity index (χ0v) is 12.1. The highest BCUT2D eigenvalue weighted by atomic mass is 35.5. The molecule has 2 atom stereocenters. The number of aliphatic carboxylic acids is 1. The van der Waals surface area contributed by atoms with E-state index in [0.717, 1.165) is 0 Å². The van der Waals surface area contributed by atoms with Crippen LogP contribution < -0.4 is 5.32 Å². The van der Waals surface area contributed by atoms with Crippen molar-refractivity contribution in [3.8, 4) is 0 Å². The number of nitrogens with zero attached hydrogens (tertiary/aromatic N) is 1. The highest BCUT2D eigenvalue weighted by Gasteiger charge is 2.26. The minimum absolute atomic E-state index is 0.137. The molecule has 1 amide bonds. The standard InChI is InChI=1S/C13H19ClN2O3/c1-4-8(3)11(13(18)19)15-12(17)10-6-9(14)7-16(10)5-2/h6-8,11H,4-5H2,1-3H3,(H,15,17)(H,18,19)/t8-,11-/m0/s1. The largest absolute Gasteiger partial charge is 0.480 e. The molecule has 0 saturated heterocycles. The van der Waals surface area contributed by atoms with Crippen LogP contribution in [0.3, 0.4) is 0 Å². The maximum atomic E-state index is 12.1. The molecule has 2 N–H and O–H groups in total. The third-order valence-corrected chi connectivity index (χ3v) is 3.41. The van der Waals surface area contributed by atoms with Crippen LogP contribution in [0.4, 0.5) is 0 Å². The maximum Gasteiger partial charge on any atom is 0.326 e. The number of nitrogens with one attached hydrogen (secondary N) is 1. The molecule has 0 aliphatic carbocycles. The molecular weight excluding hydrogens is 268 g/mol. The smallest absolute Gasteiger partial charge is 0.326 e. The Kier molecular flexibility index (Phi) is 5.42. The molecule has 1 aromatic heterocycles. The average Bonchev–Trinajstić information content (AvgIpc) is 2.75. The highest BCUT2D eigenvalue weighted by molar-refractivity contribution is 6.31. The molecule has 0 unspecified atom stereocenters. The first-order valence-corrected chi connectivity index (χ1v) is 6.67. The van der Waals surface area contributed by atoms with Crippen molar-refractivity contribution in [2.75, 3.05) is 0 Å². The van der Waals surface area contributed by atoms with Gasteiger partial charge in [-0.05, 0) is 18.9 Å². The van der Waals surface area contributed by atoms with Gasteiger partial charge in [-0.25, -0.2) is 4.79 Å². The molecule has 0 radical (unpaired) electrons. The number of aromatic nitrogens is 1. The van der Waals surface area contributed by atoms with Gasteiger partial charge in [-0.1, -0.05) is 31.9 Å². The Hall–Kier alpha value is -1.49. The number of halogens is 1. The van der Waals surface area contributed by atoms with Crippen LogP contribution in [0, 0.1) is 5.92 Å². The Morgan fingerprint density at radius 2 is 2.11 bits per heavy atom. The van der Waals surface area contributed by atoms with Crippen LogP contribution in [0.2, 0.25) is 5.02 Å². The van der Waals surface area contributed by atoms with E-state index in [2.05, 4.69) is 5.32 Å². The number of carboxylic acids is 1. The SMILES string of the molecule is CC[C@H](C)[C@H](NC(=O)c1cc(Cl)cn1CC)C(=O)O. The van der Waals surface area contributed by atoms with Gasteiger partial charge in [-0.2, -0.15) is 0 Å². The van der Waals surface area contributed by atoms with E-state index in [1.807, 2.05) is 13.8 Å². The van der Waals surface area contributed by atoms with Crippen LogP contribution >= 0.6 is 11.6 Å². The van der Waals surface area contributed by atoms with E-state index in [-0.39, 0.29) is 5.92 Å². The zero-order chi connectivity index (χ0) is 14.6. The van der Waals surface area contributed by atoms with E-state index in [1.54, 1.807) is 17.7 Å². The van der Waals surface area contributed by atoms with E-state index >= 15 is 0 Å². The molecule has 0 aliphatic heterocycles. The lowest BCUT2D eigenvalue weighted by Gasteiger charge is -2.20. The molecule has 106 valence electrons. The van der Waals surface area contributed by atoms with Crippen LogP contribution in [0.5, 0.6) is 0 Å². The summed E-state index contributed by atoms with van der Waals surface area (Å²) in [5.41, 5.74) is 0.377. The number of carbonyl (C=O) groups excluding carboxylic acids is 1. The first-order valence-electron chi connectivity index (χ1n) is 6.30. The Labute approximate surface area is 117 Å². The number of aryl methyl sites for hydroxylation is 1. The fourth-order valence-electron chi connectivity index (χ4n) is 1.83. The van der Waals surface area contributed by atoms with Crippen molar-refractivity contribution in [2.24, 2.45) is 5.92 Å². The average molecular weight is 287 g/mol. The van der Waals surface area contributed by atoms with Gasteiger partial charge in [-0.15, -0.1) is 0 Å². The highest BCUT2D eigenvalue weighted by Crippen LogP contribution is 2.15. The molecule has 0 bridgehead atoms. The molecular formula is C13H19ClN2O3. The third kappa shape index (κ3) is 3.73. The van der Waals surface area contributed by atoms with Crippen LogP contribution in [-0.4, -0.2) is 27.6 Å². The quantitative estimate of drug-likeness (QED) is 0.843. The molecule has 0 aromatic carbocycles. The second-order valence-corrected chi connectivity index (χ2v) is 4.94. The van der Waals surface area contributed by atoms with Gasteiger partial charge in [0, 0.05) is 12.7 Å². The van der Waals surface area contributed by atoms with E-state index in [1.165, 1.54) is 6.07 Å². The van der Waals surface area contributed by atoms with Crippen LogP contribution in [-0.2, 0) is 11.3 Å². The molecule has 19 heavy (non-hydrogen) atoms. The number of hydrogen-bond donors (Lipinski definition) is 2. The Bertz CT molecular complexity index is 470. The van der Waals surface area contributed by atoms with Crippen molar-refractivity contribution in [1.29, 1.82) is 0 Å². The normalized spacial score (nSPS) is 13.9. The summed E-state index contributed by atoms with van der Waals surface area (Å²) in [6, 6.07) is 0.645. The molecule has 1 aromatic rings. The molecule has 0 aliphatic rings. The maximum absolute atomic E-state index is 12.1. The van der Waals surface area contributed by atoms with Crippen molar-refractivity contribution in [2.45, 2.75) is 39.8 Å². The summed E-state index contributed by atoms with van der Waals surface area (Å²) in [4.78, 5) is 23.3. The Morgan fingerprint density at radius 3 is 2.58 bits per heavy atom. The minimum Gasteiger partial charge on any atom is -0.480 e. The predicted octanol–water partition coefficient (Wildman–Crippen LogP) is 2.39. The van der Waals surface area contributed by atoms with Gasteiger partial charge >= 0.3 is 5.97 Å². The fourth-order valence-corrected chi connectivity index (χ4v) is 2.05. The lowest BCUT2D eigenvalue weighted by atomic mass is 9.99. The molecule has 5 nitrogen and oxygen atoms in total. The molecule has 1 rings (SSSR count). The van der Waals surface area contributed by atoms with Crippen molar-refractivity contribution in [1.82, 2.24) is 9.88 Å². The fraction of sp³-hybridized carbons (Fsp3) is 0.538. The minimum atomic E-state index is -1.02. The zero-order valence-electron chi connectivity index (χ0n) is 11.3. The Balaban J connectivity index is 2.90. The van der Waals surface area contributed by atoms with Gasteiger partial charge in [-0.3, -0.25) is 4.79 Å². The summed E-state index contributed by atoms with van der Waals surface area (Å²) in [6.45, 7) is 6.16. The molecule has 0 fully saturated rings. The molecule has 0 spiro atoms. The van der Waals surface area contributed by atoms with E-state index in [0.29, 0.717) is 23.7 Å². The van der Waals surface area contributed by atoms with E-state index in [9.17, 15) is 9.59 Å². The number of hydrogen-bond acceptors (Lipinski definition) is 2. The summed E-state index contributed by atoms with van der Waals surface area (Å²) >= 11 is 5.86. The van der Waals surface area contributed by atoms with Crippen LogP contribution in [0.1, 0.15) is 37.7 Å². The van der Waals surface area contributed by atoms with Crippen LogP contribution in [0.25, 0.3) is 0 Å². The molecule has 0 saturated carbocycles. The summed E-state index contributed by atoms with van der Waals surface area (Å²) in [5.74, 6) is -1.58. The number of carbonyl (C=O) groups is 2. The number of carboxylic acid groups (broad SMARTS) is 1. The third-order valence-electron chi connectivity index (χ3n) is 3.20. The second kappa shape index (κ2) is 6.61. The number of amides is 1. The first-order chi connectivity index (χ1) is 8.90. The molecule has 1 heterocycles. The number of rotatable bonds is 6. The van der Waals surface area contributed by atoms with Gasteiger partial charge in [0.15, 0.2) is 0 Å². The van der Waals surface area contributed by atoms with E-state index < -0.39 is 17.9 Å². The van der Waals surface area contributed by atoms with Crippen molar-refractivity contribution >= 4 is 23.5 Å². The second-order valence-electron chi connectivity index (χ2n) is 4.50. The van der Waals surface area contributed by atoms with Crippen molar-refractivity contribution in [3.05, 3.63) is 23.0 Å². The first kappa shape index (κ1) is 15.6. The monoisotopic (exact) mass is 286 g/mol. The Morgan fingerprint density at radius 1 is 1.47 bits per heavy atom. The van der Waals surface area contributed by atoms with Gasteiger partial charge < -0.3 is 15.0 Å². The van der Waals surface area contributed by atoms with Gasteiger partial charge in [0.1, 0.15) is 11.7 Å². The summed E-state index contributed by atoms with van der Waals surface area (Å²) in [5, 5.41) is 12.2. The predicted molar refractivity (Wildman–Crippen MR) is 73.5 cm³/mol. The topological polar surface area (TPSA) is 71.3 Å². The van der Waals surface area contributed by atoms with E-state index in [4.69, 9.17) is 16.7 Å². The molecule has 6 heteroatoms. The lowest BCUT2D eigenvalue weighted by Crippen LogP contribution is -2.45. The lowest BCUT2D eigenvalue weighted by molar-refractivity contribution is -0.140. The van der Waals surface area contributed by atoms with Crippen LogP contribution in [0.15, 0.2) is 12.3 Å². The van der Waals surface area contributed by atoms with Crippen molar-refractivity contribution < 1.29 is 14.7 Å².